The molecule has 2 fully saturated rings. The van der Waals surface area contributed by atoms with Gasteiger partial charge >= 0.3 is 5.97 Å². The van der Waals surface area contributed by atoms with Crippen LogP contribution in [-0.4, -0.2) is 24.7 Å². The van der Waals surface area contributed by atoms with Crippen LogP contribution in [0.3, 0.4) is 0 Å². The molecule has 3 rings (SSSR count). The van der Waals surface area contributed by atoms with Crippen LogP contribution in [0.25, 0.3) is 0 Å². The number of rotatable bonds is 3. The maximum absolute atomic E-state index is 12.2. The van der Waals surface area contributed by atoms with Crippen molar-refractivity contribution in [3.05, 3.63) is 22.4 Å². The molecule has 18 heavy (non-hydrogen) atoms. The quantitative estimate of drug-likeness (QED) is 0.854. The average molecular weight is 265 g/mol. The lowest BCUT2D eigenvalue weighted by atomic mass is 9.80. The first-order valence-electron chi connectivity index (χ1n) is 6.75. The summed E-state index contributed by atoms with van der Waals surface area (Å²) in [6.07, 6.45) is 3.31. The number of hydrogen-bond donors (Lipinski definition) is 1. The van der Waals surface area contributed by atoms with E-state index in [-0.39, 0.29) is 11.9 Å². The van der Waals surface area contributed by atoms with Crippen LogP contribution in [0.4, 0.5) is 0 Å². The van der Waals surface area contributed by atoms with Crippen molar-refractivity contribution in [3.63, 3.8) is 0 Å². The normalized spacial score (nSPS) is 34.5. The summed E-state index contributed by atoms with van der Waals surface area (Å²) in [7, 11) is 0. The SMILES string of the molecule is CCOC(=O)C1CC2CCC(N2)C1c1cccs1. The van der Waals surface area contributed by atoms with Gasteiger partial charge in [0.2, 0.25) is 0 Å². The summed E-state index contributed by atoms with van der Waals surface area (Å²) >= 11 is 1.76. The van der Waals surface area contributed by atoms with E-state index in [1.807, 2.05) is 6.92 Å². The van der Waals surface area contributed by atoms with Gasteiger partial charge in [0.05, 0.1) is 12.5 Å². The van der Waals surface area contributed by atoms with Gasteiger partial charge in [0.25, 0.3) is 0 Å². The molecule has 1 aromatic rings. The third-order valence-corrected chi connectivity index (χ3v) is 5.12. The van der Waals surface area contributed by atoms with Crippen LogP contribution in [0.15, 0.2) is 17.5 Å². The summed E-state index contributed by atoms with van der Waals surface area (Å²) in [5.74, 6) is 0.347. The van der Waals surface area contributed by atoms with E-state index >= 15 is 0 Å². The van der Waals surface area contributed by atoms with Gasteiger partial charge in [-0.25, -0.2) is 0 Å². The van der Waals surface area contributed by atoms with E-state index in [1.165, 1.54) is 17.7 Å². The highest BCUT2D eigenvalue weighted by Crippen LogP contribution is 2.43. The first-order valence-corrected chi connectivity index (χ1v) is 7.63. The number of ether oxygens (including phenoxy) is 1. The molecule has 2 aliphatic heterocycles. The van der Waals surface area contributed by atoms with Gasteiger partial charge in [-0.3, -0.25) is 4.79 Å². The maximum Gasteiger partial charge on any atom is 0.309 e. The molecule has 3 nitrogen and oxygen atoms in total. The van der Waals surface area contributed by atoms with E-state index in [0.29, 0.717) is 24.6 Å². The molecule has 0 aromatic carbocycles. The molecule has 4 atom stereocenters. The largest absolute Gasteiger partial charge is 0.466 e. The zero-order valence-corrected chi connectivity index (χ0v) is 11.4. The Labute approximate surface area is 112 Å². The number of nitrogens with one attached hydrogen (secondary N) is 1. The fourth-order valence-corrected chi connectivity index (χ4v) is 4.38. The van der Waals surface area contributed by atoms with Crippen molar-refractivity contribution in [2.45, 2.75) is 44.2 Å². The van der Waals surface area contributed by atoms with E-state index in [1.54, 1.807) is 11.3 Å². The molecule has 0 radical (unpaired) electrons. The summed E-state index contributed by atoms with van der Waals surface area (Å²) in [5, 5.41) is 5.75. The van der Waals surface area contributed by atoms with Gasteiger partial charge in [0.1, 0.15) is 0 Å². The van der Waals surface area contributed by atoms with E-state index < -0.39 is 0 Å². The Kier molecular flexibility index (Phi) is 3.39. The fraction of sp³-hybridized carbons (Fsp3) is 0.643. The van der Waals surface area contributed by atoms with Gasteiger partial charge < -0.3 is 10.1 Å². The molecule has 1 aromatic heterocycles. The van der Waals surface area contributed by atoms with Gasteiger partial charge in [-0.2, -0.15) is 0 Å². The second kappa shape index (κ2) is 5.02. The highest BCUT2D eigenvalue weighted by molar-refractivity contribution is 7.10. The lowest BCUT2D eigenvalue weighted by Crippen LogP contribution is -2.46. The minimum absolute atomic E-state index is 0.00528. The van der Waals surface area contributed by atoms with Crippen LogP contribution in [0.2, 0.25) is 0 Å². The van der Waals surface area contributed by atoms with Crippen molar-refractivity contribution in [3.8, 4) is 0 Å². The molecule has 2 aliphatic rings. The van der Waals surface area contributed by atoms with Crippen LogP contribution in [0, 0.1) is 5.92 Å². The number of piperidine rings is 1. The minimum atomic E-state index is -0.00528. The fourth-order valence-electron chi connectivity index (χ4n) is 3.42. The molecular formula is C14H19NO2S. The van der Waals surface area contributed by atoms with Crippen molar-refractivity contribution in [1.82, 2.24) is 5.32 Å². The summed E-state index contributed by atoms with van der Waals surface area (Å²) in [4.78, 5) is 13.5. The van der Waals surface area contributed by atoms with Crippen molar-refractivity contribution in [1.29, 1.82) is 0 Å². The van der Waals surface area contributed by atoms with E-state index in [0.717, 1.165) is 6.42 Å². The Hall–Kier alpha value is -0.870. The third kappa shape index (κ3) is 2.08. The van der Waals surface area contributed by atoms with Crippen molar-refractivity contribution in [2.24, 2.45) is 5.92 Å². The third-order valence-electron chi connectivity index (χ3n) is 4.14. The number of carbonyl (C=O) groups excluding carboxylic acids is 1. The molecule has 0 amide bonds. The maximum atomic E-state index is 12.2. The van der Waals surface area contributed by atoms with Crippen LogP contribution in [0.1, 0.15) is 37.0 Å². The lowest BCUT2D eigenvalue weighted by molar-refractivity contribution is -0.150. The predicted molar refractivity (Wildman–Crippen MR) is 71.7 cm³/mol. The molecular weight excluding hydrogens is 246 g/mol. The molecule has 4 heteroatoms. The van der Waals surface area contributed by atoms with Gasteiger partial charge in [0.15, 0.2) is 0 Å². The van der Waals surface area contributed by atoms with Crippen molar-refractivity contribution >= 4 is 17.3 Å². The highest BCUT2D eigenvalue weighted by atomic mass is 32.1. The molecule has 0 saturated carbocycles. The number of fused-ring (bicyclic) bond motifs is 2. The van der Waals surface area contributed by atoms with Crippen LogP contribution in [0.5, 0.6) is 0 Å². The molecule has 2 saturated heterocycles. The first kappa shape index (κ1) is 12.2. The summed E-state index contributed by atoms with van der Waals surface area (Å²) in [6, 6.07) is 5.20. The standard InChI is InChI=1S/C14H19NO2S/c1-2-17-14(16)10-8-9-5-6-11(15-9)13(10)12-4-3-7-18-12/h3-4,7,9-11,13,15H,2,5-6,8H2,1H3. The Morgan fingerprint density at radius 3 is 3.17 bits per heavy atom. The first-order chi connectivity index (χ1) is 8.79. The highest BCUT2D eigenvalue weighted by Gasteiger charge is 2.46. The van der Waals surface area contributed by atoms with E-state index in [4.69, 9.17) is 4.74 Å². The number of hydrogen-bond acceptors (Lipinski definition) is 4. The number of thiophene rings is 1. The Balaban J connectivity index is 1.87. The van der Waals surface area contributed by atoms with Gasteiger partial charge in [-0.05, 0) is 37.6 Å². The van der Waals surface area contributed by atoms with Gasteiger partial charge in [-0.15, -0.1) is 11.3 Å². The molecule has 0 aliphatic carbocycles. The number of carbonyl (C=O) groups is 1. The van der Waals surface area contributed by atoms with Crippen molar-refractivity contribution < 1.29 is 9.53 Å². The topological polar surface area (TPSA) is 38.3 Å². The van der Waals surface area contributed by atoms with Gasteiger partial charge in [-0.1, -0.05) is 6.07 Å². The Morgan fingerprint density at radius 2 is 2.44 bits per heavy atom. The Morgan fingerprint density at radius 1 is 1.56 bits per heavy atom. The molecule has 2 bridgehead atoms. The minimum Gasteiger partial charge on any atom is -0.466 e. The van der Waals surface area contributed by atoms with E-state index in [9.17, 15) is 4.79 Å². The zero-order valence-electron chi connectivity index (χ0n) is 10.6. The summed E-state index contributed by atoms with van der Waals surface area (Å²) in [6.45, 7) is 2.36. The second-order valence-corrected chi connectivity index (χ2v) is 6.16. The van der Waals surface area contributed by atoms with Gasteiger partial charge in [0, 0.05) is 22.9 Å². The van der Waals surface area contributed by atoms with E-state index in [2.05, 4.69) is 22.8 Å². The molecule has 4 unspecified atom stereocenters. The van der Waals surface area contributed by atoms with Crippen LogP contribution >= 0.6 is 11.3 Å². The van der Waals surface area contributed by atoms with Crippen molar-refractivity contribution in [2.75, 3.05) is 6.61 Å². The Bertz CT molecular complexity index is 417. The zero-order chi connectivity index (χ0) is 12.5. The lowest BCUT2D eigenvalue weighted by Gasteiger charge is -2.35. The second-order valence-electron chi connectivity index (χ2n) is 5.18. The molecule has 0 spiro atoms. The molecule has 1 N–H and O–H groups in total. The molecule has 98 valence electrons. The monoisotopic (exact) mass is 265 g/mol. The van der Waals surface area contributed by atoms with Crippen LogP contribution < -0.4 is 5.32 Å². The average Bonchev–Trinajstić information content (AvgIpc) is 3.00. The molecule has 3 heterocycles. The van der Waals surface area contributed by atoms with Crippen LogP contribution in [-0.2, 0) is 9.53 Å². The smallest absolute Gasteiger partial charge is 0.309 e. The summed E-state index contributed by atoms with van der Waals surface area (Å²) < 4.78 is 5.27. The summed E-state index contributed by atoms with van der Waals surface area (Å²) in [5.41, 5.74) is 0. The predicted octanol–water partition coefficient (Wildman–Crippen LogP) is 2.54. The number of esters is 1.